The Kier molecular flexibility index (Phi) is 3.16. The number of carbonyl (C=O) groups excluding carboxylic acids is 1. The van der Waals surface area contributed by atoms with E-state index in [4.69, 9.17) is 0 Å². The second kappa shape index (κ2) is 4.46. The van der Waals surface area contributed by atoms with Gasteiger partial charge in [0.15, 0.2) is 5.78 Å². The van der Waals surface area contributed by atoms with E-state index in [0.717, 1.165) is 4.88 Å². The summed E-state index contributed by atoms with van der Waals surface area (Å²) >= 11 is 1.57. The van der Waals surface area contributed by atoms with Gasteiger partial charge in [-0.15, -0.1) is 11.3 Å². The third kappa shape index (κ3) is 2.32. The van der Waals surface area contributed by atoms with E-state index < -0.39 is 0 Å². The number of rotatable bonds is 2. The van der Waals surface area contributed by atoms with Gasteiger partial charge in [0.05, 0.1) is 4.88 Å². The first-order valence-corrected chi connectivity index (χ1v) is 6.49. The summed E-state index contributed by atoms with van der Waals surface area (Å²) in [5.74, 6) is 0.141. The maximum Gasteiger partial charge on any atom is 0.169 e. The highest BCUT2D eigenvalue weighted by molar-refractivity contribution is 7.17. The standard InChI is InChI=1S/C15H16OS/c1-9-7-11(3)13(8-10(9)2)15-6-5-14(17-15)12(4)16/h5-8H,1-4H3. The summed E-state index contributed by atoms with van der Waals surface area (Å²) in [7, 11) is 0. The van der Waals surface area contributed by atoms with Crippen molar-refractivity contribution < 1.29 is 4.79 Å². The Labute approximate surface area is 106 Å². The fourth-order valence-electron chi connectivity index (χ4n) is 1.90. The molecule has 0 fully saturated rings. The van der Waals surface area contributed by atoms with E-state index in [-0.39, 0.29) is 5.78 Å². The first kappa shape index (κ1) is 12.1. The van der Waals surface area contributed by atoms with Crippen LogP contribution < -0.4 is 0 Å². The summed E-state index contributed by atoms with van der Waals surface area (Å²) in [5.41, 5.74) is 5.12. The van der Waals surface area contributed by atoms with Gasteiger partial charge in [-0.3, -0.25) is 4.79 Å². The van der Waals surface area contributed by atoms with Gasteiger partial charge in [0.25, 0.3) is 0 Å². The molecular formula is C15H16OS. The van der Waals surface area contributed by atoms with E-state index in [1.54, 1.807) is 18.3 Å². The van der Waals surface area contributed by atoms with E-state index in [1.165, 1.54) is 27.1 Å². The van der Waals surface area contributed by atoms with Crippen molar-refractivity contribution in [2.45, 2.75) is 27.7 Å². The molecule has 2 heteroatoms. The van der Waals surface area contributed by atoms with E-state index in [0.29, 0.717) is 0 Å². The zero-order chi connectivity index (χ0) is 12.6. The molecule has 0 amide bonds. The van der Waals surface area contributed by atoms with Gasteiger partial charge >= 0.3 is 0 Å². The lowest BCUT2D eigenvalue weighted by molar-refractivity contribution is 0.102. The Morgan fingerprint density at radius 1 is 1.00 bits per heavy atom. The molecule has 0 saturated heterocycles. The van der Waals surface area contributed by atoms with Crippen LogP contribution in [0.5, 0.6) is 0 Å². The smallest absolute Gasteiger partial charge is 0.169 e. The largest absolute Gasteiger partial charge is 0.294 e. The van der Waals surface area contributed by atoms with Gasteiger partial charge in [-0.25, -0.2) is 0 Å². The van der Waals surface area contributed by atoms with Crippen molar-refractivity contribution in [2.24, 2.45) is 0 Å². The Bertz CT molecular complexity index is 579. The van der Waals surface area contributed by atoms with Crippen molar-refractivity contribution in [3.63, 3.8) is 0 Å². The Morgan fingerprint density at radius 3 is 2.24 bits per heavy atom. The number of Topliss-reactive ketones (excluding diaryl/α,β-unsaturated/α-hetero) is 1. The summed E-state index contributed by atoms with van der Waals surface area (Å²) in [6, 6.07) is 8.37. The molecule has 2 rings (SSSR count). The van der Waals surface area contributed by atoms with Crippen LogP contribution >= 0.6 is 11.3 Å². The minimum absolute atomic E-state index is 0.141. The predicted octanol–water partition coefficient (Wildman–Crippen LogP) is 4.54. The quantitative estimate of drug-likeness (QED) is 0.709. The monoisotopic (exact) mass is 244 g/mol. The van der Waals surface area contributed by atoms with Crippen LogP contribution in [0.3, 0.4) is 0 Å². The number of hydrogen-bond acceptors (Lipinski definition) is 2. The van der Waals surface area contributed by atoms with Crippen molar-refractivity contribution in [2.75, 3.05) is 0 Å². The third-order valence-electron chi connectivity index (χ3n) is 3.06. The summed E-state index contributed by atoms with van der Waals surface area (Å²) in [5, 5.41) is 0. The average Bonchev–Trinajstić information content (AvgIpc) is 2.72. The third-order valence-corrected chi connectivity index (χ3v) is 4.28. The number of carbonyl (C=O) groups is 1. The Balaban J connectivity index is 2.52. The van der Waals surface area contributed by atoms with Crippen LogP contribution in [-0.2, 0) is 0 Å². The molecule has 88 valence electrons. The minimum atomic E-state index is 0.141. The topological polar surface area (TPSA) is 17.1 Å². The first-order chi connectivity index (χ1) is 7.99. The lowest BCUT2D eigenvalue weighted by Gasteiger charge is -2.07. The average molecular weight is 244 g/mol. The molecule has 1 nitrogen and oxygen atoms in total. The van der Waals surface area contributed by atoms with Crippen molar-refractivity contribution in [3.8, 4) is 10.4 Å². The van der Waals surface area contributed by atoms with Crippen LogP contribution in [0.2, 0.25) is 0 Å². The summed E-state index contributed by atoms with van der Waals surface area (Å²) in [6.45, 7) is 7.98. The molecule has 1 heterocycles. The number of hydrogen-bond donors (Lipinski definition) is 0. The van der Waals surface area contributed by atoms with Gasteiger partial charge in [0.1, 0.15) is 0 Å². The van der Waals surface area contributed by atoms with Crippen molar-refractivity contribution in [3.05, 3.63) is 45.8 Å². The Hall–Kier alpha value is -1.41. The normalized spacial score (nSPS) is 10.6. The van der Waals surface area contributed by atoms with E-state index in [1.807, 2.05) is 12.1 Å². The summed E-state index contributed by atoms with van der Waals surface area (Å²) in [6.07, 6.45) is 0. The van der Waals surface area contributed by atoms with Gasteiger partial charge in [0.2, 0.25) is 0 Å². The van der Waals surface area contributed by atoms with Crippen LogP contribution in [-0.4, -0.2) is 5.78 Å². The molecule has 0 N–H and O–H groups in total. The van der Waals surface area contributed by atoms with Crippen molar-refractivity contribution >= 4 is 17.1 Å². The lowest BCUT2D eigenvalue weighted by atomic mass is 10.00. The van der Waals surface area contributed by atoms with Crippen LogP contribution in [0.4, 0.5) is 0 Å². The molecule has 17 heavy (non-hydrogen) atoms. The molecule has 0 saturated carbocycles. The molecule has 0 bridgehead atoms. The molecule has 0 atom stereocenters. The molecule has 0 radical (unpaired) electrons. The zero-order valence-electron chi connectivity index (χ0n) is 10.6. The maximum atomic E-state index is 11.3. The number of thiophene rings is 1. The molecule has 2 aromatic rings. The zero-order valence-corrected chi connectivity index (χ0v) is 11.4. The highest BCUT2D eigenvalue weighted by Gasteiger charge is 2.09. The van der Waals surface area contributed by atoms with Crippen LogP contribution in [0.1, 0.15) is 33.3 Å². The van der Waals surface area contributed by atoms with Gasteiger partial charge < -0.3 is 0 Å². The predicted molar refractivity (Wildman–Crippen MR) is 74.0 cm³/mol. The lowest BCUT2D eigenvalue weighted by Crippen LogP contribution is -1.87. The summed E-state index contributed by atoms with van der Waals surface area (Å²) < 4.78 is 0. The van der Waals surface area contributed by atoms with Gasteiger partial charge in [-0.05, 0) is 62.1 Å². The van der Waals surface area contributed by atoms with Crippen LogP contribution in [0.15, 0.2) is 24.3 Å². The molecule has 1 aromatic heterocycles. The second-order valence-corrected chi connectivity index (χ2v) is 5.56. The first-order valence-electron chi connectivity index (χ1n) is 5.68. The van der Waals surface area contributed by atoms with Crippen LogP contribution in [0, 0.1) is 20.8 Å². The van der Waals surface area contributed by atoms with Crippen molar-refractivity contribution in [1.82, 2.24) is 0 Å². The van der Waals surface area contributed by atoms with E-state index in [2.05, 4.69) is 32.9 Å². The molecule has 0 aliphatic heterocycles. The molecular weight excluding hydrogens is 228 g/mol. The van der Waals surface area contributed by atoms with Crippen molar-refractivity contribution in [1.29, 1.82) is 0 Å². The summed E-state index contributed by atoms with van der Waals surface area (Å²) in [4.78, 5) is 13.3. The van der Waals surface area contributed by atoms with E-state index in [9.17, 15) is 4.79 Å². The molecule has 0 unspecified atom stereocenters. The molecule has 0 aliphatic rings. The number of ketones is 1. The SMILES string of the molecule is CC(=O)c1ccc(-c2cc(C)c(C)cc2C)s1. The number of aryl methyl sites for hydroxylation is 3. The highest BCUT2D eigenvalue weighted by atomic mass is 32.1. The Morgan fingerprint density at radius 2 is 1.65 bits per heavy atom. The molecule has 0 aliphatic carbocycles. The fourth-order valence-corrected chi connectivity index (χ4v) is 2.88. The molecule has 1 aromatic carbocycles. The van der Waals surface area contributed by atoms with Crippen LogP contribution in [0.25, 0.3) is 10.4 Å². The van der Waals surface area contributed by atoms with Gasteiger partial charge in [0, 0.05) is 4.88 Å². The van der Waals surface area contributed by atoms with Gasteiger partial charge in [-0.1, -0.05) is 12.1 Å². The highest BCUT2D eigenvalue weighted by Crippen LogP contribution is 2.32. The second-order valence-electron chi connectivity index (χ2n) is 4.47. The number of benzene rings is 1. The van der Waals surface area contributed by atoms with Gasteiger partial charge in [-0.2, -0.15) is 0 Å². The minimum Gasteiger partial charge on any atom is -0.294 e. The van der Waals surface area contributed by atoms with E-state index >= 15 is 0 Å². The maximum absolute atomic E-state index is 11.3. The molecule has 0 spiro atoms. The fraction of sp³-hybridized carbons (Fsp3) is 0.267.